The van der Waals surface area contributed by atoms with Crippen molar-refractivity contribution in [3.63, 3.8) is 0 Å². The SMILES string of the molecule is Cc1cccnc1-c1ccc(-c2cc3oc4c(-c5ccccc5)cccc4p4/c(=C\O)cccc(-c5ccccc5)c(c2)c3-4)cc1. The number of pyridine rings is 1. The summed E-state index contributed by atoms with van der Waals surface area (Å²) in [5, 5.41) is 14.0. The van der Waals surface area contributed by atoms with E-state index < -0.39 is 7.53 Å². The lowest BCUT2D eigenvalue weighted by molar-refractivity contribution is 0.541. The molecule has 0 saturated heterocycles. The number of para-hydroxylation sites is 1. The molecule has 2 aliphatic heterocycles. The Labute approximate surface area is 268 Å². The fourth-order valence-corrected chi connectivity index (χ4v) is 8.91. The third kappa shape index (κ3) is 4.83. The molecular formula is C42H30NO2P. The van der Waals surface area contributed by atoms with Crippen LogP contribution in [-0.4, -0.2) is 10.1 Å². The van der Waals surface area contributed by atoms with Crippen molar-refractivity contribution in [2.24, 2.45) is 0 Å². The summed E-state index contributed by atoms with van der Waals surface area (Å²) < 4.78 is 7.00. The first kappa shape index (κ1) is 27.9. The molecule has 3 heterocycles. The summed E-state index contributed by atoms with van der Waals surface area (Å²) in [5.74, 6) is 0. The van der Waals surface area contributed by atoms with E-state index >= 15 is 0 Å². The molecule has 5 aromatic carbocycles. The Hall–Kier alpha value is -5.63. The van der Waals surface area contributed by atoms with Crippen molar-refractivity contribution < 1.29 is 9.52 Å². The molecule has 4 heteroatoms. The van der Waals surface area contributed by atoms with Crippen LogP contribution in [0.2, 0.25) is 0 Å². The third-order valence-corrected chi connectivity index (χ3v) is 11.2. The lowest BCUT2D eigenvalue weighted by Gasteiger charge is -2.19. The second-order valence-electron chi connectivity index (χ2n) is 11.4. The molecule has 0 amide bonds. The molecule has 6 aromatic rings. The smallest absolute Gasteiger partial charge is 0.146 e. The summed E-state index contributed by atoms with van der Waals surface area (Å²) in [6, 6.07) is 50.6. The van der Waals surface area contributed by atoms with Crippen LogP contribution in [0.25, 0.3) is 77.9 Å². The number of hydrogen-bond donors (Lipinski definition) is 1. The molecule has 8 rings (SSSR count). The van der Waals surface area contributed by atoms with Gasteiger partial charge in [-0.1, -0.05) is 123 Å². The van der Waals surface area contributed by atoms with Crippen LogP contribution in [-0.2, 0) is 0 Å². The fraction of sp³-hybridized carbons (Fsp3) is 0.0238. The molecule has 220 valence electrons. The van der Waals surface area contributed by atoms with Gasteiger partial charge >= 0.3 is 0 Å². The van der Waals surface area contributed by atoms with Gasteiger partial charge in [0.05, 0.1) is 12.0 Å². The van der Waals surface area contributed by atoms with Gasteiger partial charge in [0.15, 0.2) is 0 Å². The molecule has 3 nitrogen and oxygen atoms in total. The zero-order chi connectivity index (χ0) is 31.0. The minimum absolute atomic E-state index is 0.815. The first-order valence-electron chi connectivity index (χ1n) is 15.3. The van der Waals surface area contributed by atoms with Crippen molar-refractivity contribution >= 4 is 35.5 Å². The highest BCUT2D eigenvalue weighted by Gasteiger charge is 2.21. The van der Waals surface area contributed by atoms with E-state index in [9.17, 15) is 5.11 Å². The van der Waals surface area contributed by atoms with Gasteiger partial charge in [-0.3, -0.25) is 4.98 Å². The van der Waals surface area contributed by atoms with E-state index in [1.165, 1.54) is 6.26 Å². The number of fused-ring (bicyclic) bond motifs is 2. The van der Waals surface area contributed by atoms with Crippen LogP contribution in [0.4, 0.5) is 0 Å². The zero-order valence-electron chi connectivity index (χ0n) is 25.3. The van der Waals surface area contributed by atoms with Crippen LogP contribution in [0.5, 0.6) is 0 Å². The maximum atomic E-state index is 10.7. The van der Waals surface area contributed by atoms with Gasteiger partial charge in [0.1, 0.15) is 11.2 Å². The lowest BCUT2D eigenvalue weighted by Crippen LogP contribution is -1.99. The number of aromatic nitrogens is 1. The van der Waals surface area contributed by atoms with E-state index in [0.717, 1.165) is 82.1 Å². The van der Waals surface area contributed by atoms with Gasteiger partial charge in [-0.05, 0) is 76.0 Å². The zero-order valence-corrected chi connectivity index (χ0v) is 26.2. The minimum Gasteiger partial charge on any atom is -0.515 e. The van der Waals surface area contributed by atoms with Crippen molar-refractivity contribution in [2.75, 3.05) is 0 Å². The molecule has 0 bridgehead atoms. The number of nitrogens with zero attached hydrogens (tertiary/aromatic N) is 1. The van der Waals surface area contributed by atoms with Gasteiger partial charge in [-0.2, -0.15) is 0 Å². The molecule has 1 unspecified atom stereocenters. The van der Waals surface area contributed by atoms with E-state index in [1.54, 1.807) is 0 Å². The quantitative estimate of drug-likeness (QED) is 0.201. The molecule has 0 aliphatic carbocycles. The topological polar surface area (TPSA) is 46.3 Å². The first-order chi connectivity index (χ1) is 22.7. The summed E-state index contributed by atoms with van der Waals surface area (Å²) in [7, 11) is -1.14. The highest BCUT2D eigenvalue weighted by Crippen LogP contribution is 2.53. The third-order valence-electron chi connectivity index (χ3n) is 8.63. The van der Waals surface area contributed by atoms with Crippen LogP contribution < -0.4 is 4.95 Å². The van der Waals surface area contributed by atoms with Crippen molar-refractivity contribution in [2.45, 2.75) is 6.92 Å². The van der Waals surface area contributed by atoms with Gasteiger partial charge in [0, 0.05) is 32.7 Å². The Bertz CT molecular complexity index is 2420. The first-order valence-corrected chi connectivity index (χ1v) is 16.7. The lowest BCUT2D eigenvalue weighted by atomic mass is 9.97. The molecule has 1 N–H and O–H groups in total. The number of aliphatic hydroxyl groups excluding tert-OH is 1. The van der Waals surface area contributed by atoms with Gasteiger partial charge in [0.2, 0.25) is 0 Å². The Kier molecular flexibility index (Phi) is 7.10. The highest BCUT2D eigenvalue weighted by molar-refractivity contribution is 7.62. The van der Waals surface area contributed by atoms with Crippen LogP contribution in [0.1, 0.15) is 5.56 Å². The largest absolute Gasteiger partial charge is 0.515 e. The summed E-state index contributed by atoms with van der Waals surface area (Å²) in [6.07, 6.45) is 3.11. The van der Waals surface area contributed by atoms with Crippen LogP contribution in [0.3, 0.4) is 0 Å². The van der Waals surface area contributed by atoms with E-state index in [-0.39, 0.29) is 0 Å². The molecule has 1 aromatic heterocycles. The van der Waals surface area contributed by atoms with E-state index in [1.807, 2.05) is 30.5 Å². The number of benzene rings is 5. The number of aryl methyl sites for hydroxylation is 1. The van der Waals surface area contributed by atoms with Crippen LogP contribution >= 0.6 is 7.53 Å². The number of hydrogen-bond acceptors (Lipinski definition) is 3. The summed E-state index contributed by atoms with van der Waals surface area (Å²) in [6.45, 7) is 2.09. The Balaban J connectivity index is 1.48. The van der Waals surface area contributed by atoms with Gasteiger partial charge < -0.3 is 9.52 Å². The Morgan fingerprint density at radius 2 is 1.28 bits per heavy atom. The van der Waals surface area contributed by atoms with Crippen molar-refractivity contribution in [3.8, 4) is 49.9 Å². The molecule has 2 aliphatic rings. The van der Waals surface area contributed by atoms with E-state index in [2.05, 4.69) is 133 Å². The summed E-state index contributed by atoms with van der Waals surface area (Å²) in [4.78, 5) is 5.50. The minimum atomic E-state index is -1.14. The molecule has 1 atom stereocenters. The summed E-state index contributed by atoms with van der Waals surface area (Å²) in [5.41, 5.74) is 11.4. The molecular weight excluding hydrogens is 581 g/mol. The Morgan fingerprint density at radius 1 is 0.609 bits per heavy atom. The summed E-state index contributed by atoms with van der Waals surface area (Å²) >= 11 is 0. The van der Waals surface area contributed by atoms with Crippen molar-refractivity contribution in [3.05, 3.63) is 162 Å². The molecule has 0 spiro atoms. The fourth-order valence-electron chi connectivity index (χ4n) is 6.43. The van der Waals surface area contributed by atoms with E-state index in [0.29, 0.717) is 0 Å². The average Bonchev–Trinajstić information content (AvgIpc) is 3.10. The van der Waals surface area contributed by atoms with Crippen LogP contribution in [0, 0.1) is 6.92 Å². The average molecular weight is 612 g/mol. The van der Waals surface area contributed by atoms with Crippen molar-refractivity contribution in [1.29, 1.82) is 0 Å². The molecule has 0 saturated carbocycles. The van der Waals surface area contributed by atoms with Crippen LogP contribution in [0.15, 0.2) is 156 Å². The highest BCUT2D eigenvalue weighted by atomic mass is 31.1. The van der Waals surface area contributed by atoms with E-state index in [4.69, 9.17) is 4.42 Å². The predicted molar refractivity (Wildman–Crippen MR) is 193 cm³/mol. The maximum Gasteiger partial charge on any atom is 0.146 e. The molecule has 46 heavy (non-hydrogen) atoms. The number of rotatable bonds is 4. The van der Waals surface area contributed by atoms with Gasteiger partial charge in [-0.25, -0.2) is 0 Å². The van der Waals surface area contributed by atoms with Gasteiger partial charge in [0.25, 0.3) is 0 Å². The van der Waals surface area contributed by atoms with Crippen molar-refractivity contribution in [1.82, 2.24) is 4.98 Å². The van der Waals surface area contributed by atoms with Gasteiger partial charge in [-0.15, -0.1) is 0 Å². The number of aliphatic hydroxyl groups is 1. The second-order valence-corrected chi connectivity index (χ2v) is 13.5. The monoisotopic (exact) mass is 611 g/mol. The molecule has 0 radical (unpaired) electrons. The standard InChI is InChI=1S/C42H30NO2P/c1-28-11-10-24-43-40(28)32-22-20-29(21-23-32)33-25-37-35(30-12-4-2-5-13-30)17-8-16-34(27-44)46-39-19-9-18-36(31-14-6-3-7-15-31)41(39)45-38(26-33)42(37)46/h2-27,44H,1H3/b16-8?,34-27-,35-17?. The second kappa shape index (κ2) is 11.7. The normalized spacial score (nSPS) is 12.2. The Morgan fingerprint density at radius 3 is 2.00 bits per heavy atom. The molecule has 0 fully saturated rings. The predicted octanol–water partition coefficient (Wildman–Crippen LogP) is 11.5. The maximum absolute atomic E-state index is 10.7.